The maximum Gasteiger partial charge on any atom is 0.130 e. The molecule has 1 atom stereocenters. The van der Waals surface area contributed by atoms with Gasteiger partial charge in [-0.25, -0.2) is 4.99 Å². The van der Waals surface area contributed by atoms with E-state index in [1.165, 1.54) is 0 Å². The van der Waals surface area contributed by atoms with Crippen LogP contribution in [0.15, 0.2) is 41.4 Å². The van der Waals surface area contributed by atoms with Gasteiger partial charge in [0.15, 0.2) is 0 Å². The zero-order valence-corrected chi connectivity index (χ0v) is 18.4. The lowest BCUT2D eigenvalue weighted by Gasteiger charge is -2.29. The molecular weight excluding hydrogens is 348 g/mol. The summed E-state index contributed by atoms with van der Waals surface area (Å²) in [6.45, 7) is 14.1. The zero-order valence-electron chi connectivity index (χ0n) is 18.4. The SMILES string of the molecule is CCOC(C)(CC)c1cccc(Oc2cc(C)c(N=CN(C)CC)cc2C)c1. The van der Waals surface area contributed by atoms with Crippen molar-refractivity contribution in [2.45, 2.75) is 53.6 Å². The third-order valence-electron chi connectivity index (χ3n) is 5.20. The summed E-state index contributed by atoms with van der Waals surface area (Å²) in [5.41, 5.74) is 3.94. The van der Waals surface area contributed by atoms with Crippen LogP contribution in [0.1, 0.15) is 50.8 Å². The van der Waals surface area contributed by atoms with Crippen molar-refractivity contribution in [3.05, 3.63) is 53.1 Å². The number of nitrogens with zero attached hydrogens (tertiary/aromatic N) is 2. The highest BCUT2D eigenvalue weighted by molar-refractivity contribution is 5.64. The Hall–Kier alpha value is -2.33. The lowest BCUT2D eigenvalue weighted by Crippen LogP contribution is -2.24. The van der Waals surface area contributed by atoms with Crippen LogP contribution in [-0.2, 0) is 10.3 Å². The number of hydrogen-bond donors (Lipinski definition) is 0. The number of hydrogen-bond acceptors (Lipinski definition) is 3. The van der Waals surface area contributed by atoms with Gasteiger partial charge >= 0.3 is 0 Å². The molecule has 152 valence electrons. The Morgan fingerprint density at radius 2 is 1.82 bits per heavy atom. The molecule has 0 saturated heterocycles. The molecule has 4 heteroatoms. The summed E-state index contributed by atoms with van der Waals surface area (Å²) >= 11 is 0. The van der Waals surface area contributed by atoms with Gasteiger partial charge in [-0.1, -0.05) is 19.1 Å². The van der Waals surface area contributed by atoms with Crippen molar-refractivity contribution < 1.29 is 9.47 Å². The minimum absolute atomic E-state index is 0.303. The second-order valence-electron chi connectivity index (χ2n) is 7.37. The number of aryl methyl sites for hydroxylation is 2. The highest BCUT2D eigenvalue weighted by Crippen LogP contribution is 2.35. The second-order valence-corrected chi connectivity index (χ2v) is 7.37. The van der Waals surface area contributed by atoms with Gasteiger partial charge < -0.3 is 14.4 Å². The first-order valence-electron chi connectivity index (χ1n) is 10.1. The highest BCUT2D eigenvalue weighted by atomic mass is 16.5. The minimum Gasteiger partial charge on any atom is -0.457 e. The Kier molecular flexibility index (Phi) is 7.64. The van der Waals surface area contributed by atoms with E-state index in [9.17, 15) is 0 Å². The molecule has 0 spiro atoms. The second kappa shape index (κ2) is 9.74. The van der Waals surface area contributed by atoms with Gasteiger partial charge in [0.05, 0.1) is 17.6 Å². The Balaban J connectivity index is 2.28. The molecule has 0 heterocycles. The van der Waals surface area contributed by atoms with Gasteiger partial charge in [-0.2, -0.15) is 0 Å². The lowest BCUT2D eigenvalue weighted by molar-refractivity contribution is -0.0324. The topological polar surface area (TPSA) is 34.1 Å². The van der Waals surface area contributed by atoms with Gasteiger partial charge in [0.25, 0.3) is 0 Å². The molecule has 2 aromatic rings. The van der Waals surface area contributed by atoms with Gasteiger partial charge in [-0.05, 0) is 82.0 Å². The molecule has 4 nitrogen and oxygen atoms in total. The zero-order chi connectivity index (χ0) is 20.7. The molecule has 0 bridgehead atoms. The van der Waals surface area contributed by atoms with Crippen LogP contribution in [0.4, 0.5) is 5.69 Å². The third-order valence-corrected chi connectivity index (χ3v) is 5.20. The quantitative estimate of drug-likeness (QED) is 0.373. The molecule has 0 N–H and O–H groups in total. The molecule has 1 unspecified atom stereocenters. The van der Waals surface area contributed by atoms with Crippen LogP contribution in [0, 0.1) is 13.8 Å². The first-order chi connectivity index (χ1) is 13.3. The molecule has 28 heavy (non-hydrogen) atoms. The first-order valence-corrected chi connectivity index (χ1v) is 10.1. The van der Waals surface area contributed by atoms with Crippen molar-refractivity contribution in [1.29, 1.82) is 0 Å². The molecule has 2 aromatic carbocycles. The largest absolute Gasteiger partial charge is 0.457 e. The molecule has 0 aliphatic heterocycles. The van der Waals surface area contributed by atoms with Crippen LogP contribution in [0.25, 0.3) is 0 Å². The van der Waals surface area contributed by atoms with E-state index < -0.39 is 0 Å². The number of ether oxygens (including phenoxy) is 2. The number of aliphatic imine (C=N–C) groups is 1. The van der Waals surface area contributed by atoms with Gasteiger partial charge in [-0.3, -0.25) is 0 Å². The van der Waals surface area contributed by atoms with Crippen LogP contribution < -0.4 is 4.74 Å². The van der Waals surface area contributed by atoms with Crippen LogP contribution in [0.3, 0.4) is 0 Å². The summed E-state index contributed by atoms with van der Waals surface area (Å²) in [4.78, 5) is 6.64. The van der Waals surface area contributed by atoms with E-state index in [0.717, 1.165) is 46.8 Å². The summed E-state index contributed by atoms with van der Waals surface area (Å²) in [6.07, 6.45) is 2.77. The molecule has 0 aromatic heterocycles. The van der Waals surface area contributed by atoms with Gasteiger partial charge in [-0.15, -0.1) is 0 Å². The maximum atomic E-state index is 6.23. The van der Waals surface area contributed by atoms with Crippen molar-refractivity contribution in [3.63, 3.8) is 0 Å². The fourth-order valence-electron chi connectivity index (χ4n) is 2.99. The lowest BCUT2D eigenvalue weighted by atomic mass is 9.93. The van der Waals surface area contributed by atoms with Crippen LogP contribution >= 0.6 is 0 Å². The fourth-order valence-corrected chi connectivity index (χ4v) is 2.99. The smallest absolute Gasteiger partial charge is 0.130 e. The van der Waals surface area contributed by atoms with E-state index in [1.54, 1.807) is 0 Å². The van der Waals surface area contributed by atoms with Crippen LogP contribution in [-0.4, -0.2) is 31.4 Å². The average molecular weight is 383 g/mol. The molecule has 0 radical (unpaired) electrons. The highest BCUT2D eigenvalue weighted by Gasteiger charge is 2.25. The Morgan fingerprint density at radius 3 is 2.46 bits per heavy atom. The molecule has 0 fully saturated rings. The van der Waals surface area contributed by atoms with Crippen LogP contribution in [0.2, 0.25) is 0 Å². The van der Waals surface area contributed by atoms with Gasteiger partial charge in [0.1, 0.15) is 11.5 Å². The number of rotatable bonds is 9. The summed E-state index contributed by atoms with van der Waals surface area (Å²) in [6, 6.07) is 12.3. The standard InChI is InChI=1S/C24H34N2O2/c1-8-24(6,27-10-3)20-12-11-13-21(16-20)28-23-15-18(4)22(14-19(23)5)25-17-26(7)9-2/h11-17H,8-10H2,1-7H3. The van der Waals surface area contributed by atoms with E-state index in [-0.39, 0.29) is 5.60 Å². The van der Waals surface area contributed by atoms with E-state index in [0.29, 0.717) is 6.61 Å². The molecule has 0 aliphatic rings. The summed E-state index contributed by atoms with van der Waals surface area (Å²) in [7, 11) is 2.02. The minimum atomic E-state index is -0.303. The molecular formula is C24H34N2O2. The Labute approximate surface area is 170 Å². The van der Waals surface area contributed by atoms with E-state index >= 15 is 0 Å². The Bertz CT molecular complexity index is 816. The van der Waals surface area contributed by atoms with E-state index in [4.69, 9.17) is 9.47 Å². The predicted octanol–water partition coefficient (Wildman–Crippen LogP) is 6.37. The van der Waals surface area contributed by atoms with E-state index in [2.05, 4.69) is 63.9 Å². The fraction of sp³-hybridized carbons (Fsp3) is 0.458. The summed E-state index contributed by atoms with van der Waals surface area (Å²) in [5, 5.41) is 0. The first kappa shape index (κ1) is 22.0. The average Bonchev–Trinajstić information content (AvgIpc) is 2.69. The van der Waals surface area contributed by atoms with Crippen molar-refractivity contribution in [1.82, 2.24) is 4.90 Å². The Morgan fingerprint density at radius 1 is 1.07 bits per heavy atom. The van der Waals surface area contributed by atoms with Crippen molar-refractivity contribution in [2.75, 3.05) is 20.2 Å². The number of benzene rings is 2. The van der Waals surface area contributed by atoms with Crippen molar-refractivity contribution in [2.24, 2.45) is 4.99 Å². The van der Waals surface area contributed by atoms with E-state index in [1.807, 2.05) is 37.3 Å². The normalized spacial score (nSPS) is 13.5. The van der Waals surface area contributed by atoms with Crippen molar-refractivity contribution >= 4 is 12.0 Å². The monoisotopic (exact) mass is 382 g/mol. The summed E-state index contributed by atoms with van der Waals surface area (Å²) in [5.74, 6) is 1.67. The van der Waals surface area contributed by atoms with Gasteiger partial charge in [0.2, 0.25) is 0 Å². The van der Waals surface area contributed by atoms with Gasteiger partial charge in [0, 0.05) is 20.2 Å². The molecule has 2 rings (SSSR count). The molecule has 0 saturated carbocycles. The molecule has 0 aliphatic carbocycles. The van der Waals surface area contributed by atoms with Crippen molar-refractivity contribution in [3.8, 4) is 11.5 Å². The van der Waals surface area contributed by atoms with Crippen LogP contribution in [0.5, 0.6) is 11.5 Å². The predicted molar refractivity (Wildman–Crippen MR) is 118 cm³/mol. The summed E-state index contributed by atoms with van der Waals surface area (Å²) < 4.78 is 12.2. The maximum absolute atomic E-state index is 6.23. The molecule has 0 amide bonds. The third kappa shape index (κ3) is 5.35.